The largest absolute Gasteiger partial charge is 0.481 e. The lowest BCUT2D eigenvalue weighted by Crippen LogP contribution is -2.20. The molecule has 2 unspecified atom stereocenters. The number of hydrogen-bond donors (Lipinski definition) is 1. The van der Waals surface area contributed by atoms with Gasteiger partial charge in [0.15, 0.2) is 0 Å². The minimum atomic E-state index is -0.679. The molecule has 1 heterocycles. The molecule has 0 bridgehead atoms. The van der Waals surface area contributed by atoms with Gasteiger partial charge in [0.1, 0.15) is 0 Å². The first kappa shape index (κ1) is 21.4. The van der Waals surface area contributed by atoms with Gasteiger partial charge < -0.3 is 9.84 Å². The average molecular weight is 409 g/mol. The van der Waals surface area contributed by atoms with E-state index in [4.69, 9.17) is 4.74 Å². The third-order valence-electron chi connectivity index (χ3n) is 7.17. The highest BCUT2D eigenvalue weighted by Crippen LogP contribution is 2.44. The van der Waals surface area contributed by atoms with Crippen LogP contribution < -0.4 is 0 Å². The fraction of sp³-hybridized carbons (Fsp3) is 0.593. The van der Waals surface area contributed by atoms with Gasteiger partial charge in [0.2, 0.25) is 0 Å². The molecule has 3 aliphatic carbocycles. The lowest BCUT2D eigenvalue weighted by Gasteiger charge is -2.28. The summed E-state index contributed by atoms with van der Waals surface area (Å²) in [6.45, 7) is 4.99. The van der Waals surface area contributed by atoms with Crippen molar-refractivity contribution in [1.29, 1.82) is 0 Å². The zero-order valence-electron chi connectivity index (χ0n) is 18.6. The monoisotopic (exact) mass is 408 g/mol. The first-order valence-electron chi connectivity index (χ1n) is 11.7. The van der Waals surface area contributed by atoms with E-state index in [2.05, 4.69) is 44.2 Å². The Morgan fingerprint density at radius 2 is 2.03 bits per heavy atom. The maximum absolute atomic E-state index is 11.2. The number of allylic oxidation sites excluding steroid dienone is 6. The standard InChI is InChI=1S/C27H36O3/c1-27(2,17-25(28)29)16-19-8-7-10-20(15-14-19)26-22-11-4-3-9-21(22)18-30-24-13-6-5-12-23(24)26/h4-6,11-12,19,24H,3,7-10,13-18H2,1-2H3,(H,28,29)/b26-20+. The third-order valence-corrected chi connectivity index (χ3v) is 7.17. The number of carboxylic acid groups (broad SMARTS) is 1. The molecule has 162 valence electrons. The van der Waals surface area contributed by atoms with Crippen LogP contribution in [0.1, 0.15) is 78.1 Å². The molecule has 1 saturated carbocycles. The van der Waals surface area contributed by atoms with E-state index in [1.54, 1.807) is 5.57 Å². The van der Waals surface area contributed by atoms with E-state index in [1.165, 1.54) is 41.6 Å². The molecule has 3 heteroatoms. The molecule has 4 rings (SSSR count). The Labute approximate surface area is 181 Å². The zero-order chi connectivity index (χ0) is 21.1. The Kier molecular flexibility index (Phi) is 6.48. The summed E-state index contributed by atoms with van der Waals surface area (Å²) in [6.07, 6.45) is 21.9. The highest BCUT2D eigenvalue weighted by molar-refractivity contribution is 5.67. The summed E-state index contributed by atoms with van der Waals surface area (Å²) in [7, 11) is 0. The summed E-state index contributed by atoms with van der Waals surface area (Å²) in [5.74, 6) is -0.0624. The molecule has 30 heavy (non-hydrogen) atoms. The van der Waals surface area contributed by atoms with Crippen molar-refractivity contribution in [1.82, 2.24) is 0 Å². The van der Waals surface area contributed by atoms with Crippen molar-refractivity contribution in [3.05, 3.63) is 58.2 Å². The van der Waals surface area contributed by atoms with Crippen molar-refractivity contribution in [2.75, 3.05) is 6.61 Å². The number of rotatable bonds is 4. The van der Waals surface area contributed by atoms with Gasteiger partial charge in [0, 0.05) is 0 Å². The number of hydrogen-bond acceptors (Lipinski definition) is 2. The van der Waals surface area contributed by atoms with Gasteiger partial charge in [0.05, 0.1) is 19.1 Å². The Hall–Kier alpha value is -1.87. The van der Waals surface area contributed by atoms with Crippen LogP contribution in [0.3, 0.4) is 0 Å². The quantitative estimate of drug-likeness (QED) is 0.527. The second kappa shape index (κ2) is 9.09. The Morgan fingerprint density at radius 1 is 1.17 bits per heavy atom. The van der Waals surface area contributed by atoms with Crippen LogP contribution in [0.5, 0.6) is 0 Å². The first-order chi connectivity index (χ1) is 14.4. The Bertz CT molecular complexity index is 834. The maximum Gasteiger partial charge on any atom is 0.303 e. The van der Waals surface area contributed by atoms with E-state index >= 15 is 0 Å². The van der Waals surface area contributed by atoms with Crippen LogP contribution in [-0.2, 0) is 9.53 Å². The predicted molar refractivity (Wildman–Crippen MR) is 121 cm³/mol. The van der Waals surface area contributed by atoms with Crippen LogP contribution in [0.25, 0.3) is 0 Å². The van der Waals surface area contributed by atoms with E-state index in [1.807, 2.05) is 0 Å². The van der Waals surface area contributed by atoms with E-state index in [0.29, 0.717) is 5.92 Å². The van der Waals surface area contributed by atoms with Crippen molar-refractivity contribution in [3.63, 3.8) is 0 Å². The van der Waals surface area contributed by atoms with Gasteiger partial charge >= 0.3 is 5.97 Å². The number of fused-ring (bicyclic) bond motifs is 1. The molecule has 4 aliphatic rings. The van der Waals surface area contributed by atoms with E-state index in [-0.39, 0.29) is 17.9 Å². The van der Waals surface area contributed by atoms with Crippen molar-refractivity contribution in [3.8, 4) is 0 Å². The third kappa shape index (κ3) is 4.88. The van der Waals surface area contributed by atoms with Crippen LogP contribution in [0.4, 0.5) is 0 Å². The lowest BCUT2D eigenvalue weighted by atomic mass is 9.77. The molecule has 0 amide bonds. The molecular weight excluding hydrogens is 372 g/mol. The second-order valence-corrected chi connectivity index (χ2v) is 10.3. The van der Waals surface area contributed by atoms with E-state index in [0.717, 1.165) is 45.1 Å². The topological polar surface area (TPSA) is 46.5 Å². The molecule has 0 radical (unpaired) electrons. The predicted octanol–water partition coefficient (Wildman–Crippen LogP) is 6.69. The summed E-state index contributed by atoms with van der Waals surface area (Å²) >= 11 is 0. The molecule has 0 aromatic carbocycles. The van der Waals surface area contributed by atoms with E-state index in [9.17, 15) is 9.90 Å². The SMILES string of the molecule is CC(C)(CC(=O)O)CC1CCC/C(=C2\C3=CC=CCC3OCC3=C2C=CCC3)CC1. The highest BCUT2D eigenvalue weighted by Gasteiger charge is 2.31. The first-order valence-corrected chi connectivity index (χ1v) is 11.7. The van der Waals surface area contributed by atoms with Crippen molar-refractivity contribution < 1.29 is 14.6 Å². The van der Waals surface area contributed by atoms with Gasteiger partial charge in [-0.2, -0.15) is 0 Å². The van der Waals surface area contributed by atoms with Crippen molar-refractivity contribution in [2.45, 2.75) is 84.2 Å². The molecule has 1 N–H and O–H groups in total. The average Bonchev–Trinajstić information content (AvgIpc) is 3.01. The van der Waals surface area contributed by atoms with Crippen LogP contribution in [-0.4, -0.2) is 23.8 Å². The minimum absolute atomic E-state index is 0.131. The highest BCUT2D eigenvalue weighted by atomic mass is 16.5. The number of carbonyl (C=O) groups is 1. The molecule has 2 atom stereocenters. The van der Waals surface area contributed by atoms with Crippen LogP contribution in [0, 0.1) is 11.3 Å². The van der Waals surface area contributed by atoms with Gasteiger partial charge in [-0.3, -0.25) is 4.79 Å². The molecule has 1 aliphatic heterocycles. The van der Waals surface area contributed by atoms with Crippen molar-refractivity contribution in [2.24, 2.45) is 11.3 Å². The van der Waals surface area contributed by atoms with Crippen molar-refractivity contribution >= 4 is 5.97 Å². The molecule has 0 saturated heterocycles. The summed E-state index contributed by atoms with van der Waals surface area (Å²) in [4.78, 5) is 11.2. The molecule has 0 aromatic heterocycles. The second-order valence-electron chi connectivity index (χ2n) is 10.3. The summed E-state index contributed by atoms with van der Waals surface area (Å²) in [6, 6.07) is 0. The molecule has 3 nitrogen and oxygen atoms in total. The fourth-order valence-electron chi connectivity index (χ4n) is 5.85. The summed E-state index contributed by atoms with van der Waals surface area (Å²) in [5, 5.41) is 9.25. The van der Waals surface area contributed by atoms with Crippen LogP contribution in [0.2, 0.25) is 0 Å². The van der Waals surface area contributed by atoms with Gasteiger partial charge in [-0.15, -0.1) is 0 Å². The van der Waals surface area contributed by atoms with Gasteiger partial charge in [0.25, 0.3) is 0 Å². The van der Waals surface area contributed by atoms with Gasteiger partial charge in [-0.1, -0.05) is 56.2 Å². The number of aliphatic carboxylic acids is 1. The number of carboxylic acids is 1. The lowest BCUT2D eigenvalue weighted by molar-refractivity contribution is -0.139. The number of ether oxygens (including phenoxy) is 1. The molecule has 0 spiro atoms. The Balaban J connectivity index is 1.61. The van der Waals surface area contributed by atoms with Gasteiger partial charge in [-0.05, 0) is 85.0 Å². The normalized spacial score (nSPS) is 29.6. The van der Waals surface area contributed by atoms with E-state index < -0.39 is 5.97 Å². The minimum Gasteiger partial charge on any atom is -0.481 e. The maximum atomic E-state index is 11.2. The van der Waals surface area contributed by atoms with Gasteiger partial charge in [-0.25, -0.2) is 0 Å². The van der Waals surface area contributed by atoms with Crippen LogP contribution >= 0.6 is 0 Å². The van der Waals surface area contributed by atoms with Crippen LogP contribution in [0.15, 0.2) is 58.2 Å². The fourth-order valence-corrected chi connectivity index (χ4v) is 5.85. The Morgan fingerprint density at radius 3 is 2.87 bits per heavy atom. The summed E-state index contributed by atoms with van der Waals surface area (Å²) in [5.41, 5.74) is 7.24. The molecule has 0 aromatic rings. The molecular formula is C27H36O3. The smallest absolute Gasteiger partial charge is 0.303 e. The summed E-state index contributed by atoms with van der Waals surface area (Å²) < 4.78 is 6.35. The molecule has 1 fully saturated rings. The zero-order valence-corrected chi connectivity index (χ0v) is 18.6.